The van der Waals surface area contributed by atoms with Gasteiger partial charge in [0.15, 0.2) is 0 Å². The number of rotatable bonds is 2. The van der Waals surface area contributed by atoms with Crippen molar-refractivity contribution in [3.63, 3.8) is 0 Å². The molecule has 2 aliphatic heterocycles. The summed E-state index contributed by atoms with van der Waals surface area (Å²) in [4.78, 5) is 52.2. The van der Waals surface area contributed by atoms with Crippen LogP contribution in [0.5, 0.6) is 0 Å². The number of hydrogen-bond acceptors (Lipinski definition) is 5. The number of carbonyl (C=O) groups excluding carboxylic acids is 3. The molecule has 2 heterocycles. The Morgan fingerprint density at radius 2 is 1.94 bits per heavy atom. The molecule has 1 saturated heterocycles. The molecule has 3 amide bonds. The molecule has 0 spiro atoms. The van der Waals surface area contributed by atoms with Gasteiger partial charge in [-0.15, -0.1) is 0 Å². The standard InChI is InChI=1S/C23H35N3O6/c1-22(2,3)32-21(31)24-16-11-8-6-4-5-7-10-15-14-23(15,20(29)30)25-18(27)17-12-9-13-26(17)19(16)28/h7,10,15-17H,4-6,8-9,11-14H2,1-3H3,(H,24,31)(H,25,27)(H,29,30)/b10-7-. The summed E-state index contributed by atoms with van der Waals surface area (Å²) in [5.41, 5.74) is -1.99. The molecule has 2 fully saturated rings. The Labute approximate surface area is 188 Å². The van der Waals surface area contributed by atoms with Gasteiger partial charge in [0.1, 0.15) is 23.2 Å². The molecule has 9 heteroatoms. The second-order valence-electron chi connectivity index (χ2n) is 10.0. The number of allylic oxidation sites excluding steroid dienone is 1. The third kappa shape index (κ3) is 5.61. The van der Waals surface area contributed by atoms with Gasteiger partial charge in [-0.05, 0) is 59.3 Å². The third-order valence-corrected chi connectivity index (χ3v) is 6.30. The number of carbonyl (C=O) groups is 4. The average molecular weight is 450 g/mol. The van der Waals surface area contributed by atoms with E-state index in [0.717, 1.165) is 25.7 Å². The van der Waals surface area contributed by atoms with Crippen LogP contribution in [-0.4, -0.2) is 63.7 Å². The highest BCUT2D eigenvalue weighted by Crippen LogP contribution is 2.45. The summed E-state index contributed by atoms with van der Waals surface area (Å²) >= 11 is 0. The monoisotopic (exact) mass is 449 g/mol. The van der Waals surface area contributed by atoms with E-state index >= 15 is 0 Å². The molecule has 3 rings (SSSR count). The first-order chi connectivity index (χ1) is 15.0. The second-order valence-corrected chi connectivity index (χ2v) is 10.0. The van der Waals surface area contributed by atoms with Crippen molar-refractivity contribution in [3.8, 4) is 0 Å². The van der Waals surface area contributed by atoms with E-state index in [0.29, 0.717) is 32.2 Å². The van der Waals surface area contributed by atoms with E-state index in [1.807, 2.05) is 12.2 Å². The van der Waals surface area contributed by atoms with Gasteiger partial charge in [-0.2, -0.15) is 0 Å². The molecule has 0 aromatic rings. The molecule has 178 valence electrons. The van der Waals surface area contributed by atoms with Gasteiger partial charge in [0.2, 0.25) is 11.8 Å². The predicted molar refractivity (Wildman–Crippen MR) is 117 cm³/mol. The molecular weight excluding hydrogens is 414 g/mol. The minimum absolute atomic E-state index is 0.235. The highest BCUT2D eigenvalue weighted by molar-refractivity contribution is 5.96. The quantitative estimate of drug-likeness (QED) is 0.556. The normalized spacial score (nSPS) is 32.5. The maximum absolute atomic E-state index is 13.4. The van der Waals surface area contributed by atoms with Gasteiger partial charge in [0.05, 0.1) is 0 Å². The molecule has 4 atom stereocenters. The van der Waals surface area contributed by atoms with Crippen LogP contribution in [0.4, 0.5) is 4.79 Å². The van der Waals surface area contributed by atoms with Crippen molar-refractivity contribution in [2.45, 2.75) is 95.4 Å². The lowest BCUT2D eigenvalue weighted by Gasteiger charge is -2.30. The Kier molecular flexibility index (Phi) is 7.15. The van der Waals surface area contributed by atoms with E-state index in [1.54, 1.807) is 20.8 Å². The Bertz CT molecular complexity index is 789. The van der Waals surface area contributed by atoms with Crippen LogP contribution in [0.15, 0.2) is 12.2 Å². The number of alkyl carbamates (subject to hydrolysis) is 1. The van der Waals surface area contributed by atoms with Crippen molar-refractivity contribution in [1.82, 2.24) is 15.5 Å². The highest BCUT2D eigenvalue weighted by Gasteiger charge is 2.61. The summed E-state index contributed by atoms with van der Waals surface area (Å²) in [7, 11) is 0. The lowest BCUT2D eigenvalue weighted by Crippen LogP contribution is -2.56. The molecule has 0 bridgehead atoms. The predicted octanol–water partition coefficient (Wildman–Crippen LogP) is 2.35. The van der Waals surface area contributed by atoms with E-state index in [2.05, 4.69) is 10.6 Å². The number of carboxylic acid groups (broad SMARTS) is 1. The van der Waals surface area contributed by atoms with Gasteiger partial charge in [0, 0.05) is 12.5 Å². The van der Waals surface area contributed by atoms with Crippen molar-refractivity contribution < 1.29 is 29.0 Å². The summed E-state index contributed by atoms with van der Waals surface area (Å²) in [6, 6.07) is -1.53. The second kappa shape index (κ2) is 9.50. The first-order valence-electron chi connectivity index (χ1n) is 11.6. The number of ether oxygens (including phenoxy) is 1. The van der Waals surface area contributed by atoms with Crippen molar-refractivity contribution in [1.29, 1.82) is 0 Å². The molecule has 4 unspecified atom stereocenters. The summed E-state index contributed by atoms with van der Waals surface area (Å²) in [6.07, 6.45) is 8.43. The zero-order chi connectivity index (χ0) is 23.5. The summed E-state index contributed by atoms with van der Waals surface area (Å²) in [5.74, 6) is -2.05. The SMILES string of the molecule is CC(C)(C)OC(=O)NC1CCCCC/C=C\C2CC2(C(=O)O)NC(=O)C2CCCN2C1=O. The Morgan fingerprint density at radius 1 is 1.19 bits per heavy atom. The van der Waals surface area contributed by atoms with Gasteiger partial charge < -0.3 is 25.4 Å². The Balaban J connectivity index is 1.79. The summed E-state index contributed by atoms with van der Waals surface area (Å²) in [5, 5.41) is 15.2. The van der Waals surface area contributed by atoms with Gasteiger partial charge in [-0.1, -0.05) is 25.0 Å². The van der Waals surface area contributed by atoms with Crippen LogP contribution in [0.25, 0.3) is 0 Å². The number of amides is 3. The number of hydrogen-bond donors (Lipinski definition) is 3. The van der Waals surface area contributed by atoms with Crippen molar-refractivity contribution >= 4 is 23.9 Å². The largest absolute Gasteiger partial charge is 0.479 e. The number of fused-ring (bicyclic) bond motifs is 2. The maximum Gasteiger partial charge on any atom is 0.408 e. The Hall–Kier alpha value is -2.58. The molecule has 0 aromatic heterocycles. The molecule has 3 N–H and O–H groups in total. The molecular formula is C23H35N3O6. The maximum atomic E-state index is 13.4. The van der Waals surface area contributed by atoms with Gasteiger partial charge in [-0.25, -0.2) is 9.59 Å². The van der Waals surface area contributed by atoms with Gasteiger partial charge in [-0.3, -0.25) is 9.59 Å². The fraction of sp³-hybridized carbons (Fsp3) is 0.739. The summed E-state index contributed by atoms with van der Waals surface area (Å²) < 4.78 is 5.33. The minimum Gasteiger partial charge on any atom is -0.479 e. The van der Waals surface area contributed by atoms with Gasteiger partial charge >= 0.3 is 12.1 Å². The van der Waals surface area contributed by atoms with Crippen LogP contribution in [-0.2, 0) is 19.1 Å². The van der Waals surface area contributed by atoms with Gasteiger partial charge in [0.25, 0.3) is 0 Å². The van der Waals surface area contributed by atoms with Crippen LogP contribution < -0.4 is 10.6 Å². The molecule has 1 aliphatic carbocycles. The lowest BCUT2D eigenvalue weighted by molar-refractivity contribution is -0.145. The van der Waals surface area contributed by atoms with E-state index in [-0.39, 0.29) is 11.8 Å². The zero-order valence-corrected chi connectivity index (χ0v) is 19.2. The topological polar surface area (TPSA) is 125 Å². The van der Waals surface area contributed by atoms with Crippen LogP contribution in [0, 0.1) is 5.92 Å². The number of nitrogens with zero attached hydrogens (tertiary/aromatic N) is 1. The summed E-state index contributed by atoms with van der Waals surface area (Å²) in [6.45, 7) is 5.65. The fourth-order valence-corrected chi connectivity index (χ4v) is 4.52. The van der Waals surface area contributed by atoms with Crippen LogP contribution in [0.1, 0.15) is 72.1 Å². The van der Waals surface area contributed by atoms with E-state index in [4.69, 9.17) is 4.74 Å². The molecule has 9 nitrogen and oxygen atoms in total. The van der Waals surface area contributed by atoms with Crippen LogP contribution >= 0.6 is 0 Å². The molecule has 3 aliphatic rings. The van der Waals surface area contributed by atoms with E-state index < -0.39 is 41.2 Å². The van der Waals surface area contributed by atoms with Crippen molar-refractivity contribution in [3.05, 3.63) is 12.2 Å². The zero-order valence-electron chi connectivity index (χ0n) is 19.2. The smallest absolute Gasteiger partial charge is 0.408 e. The van der Waals surface area contributed by atoms with Crippen LogP contribution in [0.2, 0.25) is 0 Å². The molecule has 0 aromatic carbocycles. The lowest BCUT2D eigenvalue weighted by atomic mass is 10.0. The highest BCUT2D eigenvalue weighted by atomic mass is 16.6. The molecule has 0 radical (unpaired) electrons. The van der Waals surface area contributed by atoms with E-state index in [9.17, 15) is 24.3 Å². The number of carboxylic acids is 1. The van der Waals surface area contributed by atoms with Crippen LogP contribution in [0.3, 0.4) is 0 Å². The first kappa shape index (κ1) is 24.1. The minimum atomic E-state index is -1.29. The van der Waals surface area contributed by atoms with E-state index in [1.165, 1.54) is 4.90 Å². The van der Waals surface area contributed by atoms with Crippen molar-refractivity contribution in [2.24, 2.45) is 5.92 Å². The first-order valence-corrected chi connectivity index (χ1v) is 11.6. The Morgan fingerprint density at radius 3 is 2.62 bits per heavy atom. The molecule has 1 saturated carbocycles. The number of aliphatic carboxylic acids is 1. The fourth-order valence-electron chi connectivity index (χ4n) is 4.52. The average Bonchev–Trinajstić information content (AvgIpc) is 3.16. The molecule has 32 heavy (non-hydrogen) atoms. The number of nitrogens with one attached hydrogen (secondary N) is 2. The van der Waals surface area contributed by atoms with Crippen molar-refractivity contribution in [2.75, 3.05) is 6.54 Å². The third-order valence-electron chi connectivity index (χ3n) is 6.30.